The molecule has 0 bridgehead atoms. The number of nitrogens with two attached hydrogens (primary N) is 1. The van der Waals surface area contributed by atoms with Crippen LogP contribution in [0.5, 0.6) is 0 Å². The number of nitrogens with zero attached hydrogens (tertiary/aromatic N) is 4. The molecule has 2 heterocycles. The van der Waals surface area contributed by atoms with E-state index in [1.54, 1.807) is 24.3 Å². The van der Waals surface area contributed by atoms with Crippen molar-refractivity contribution in [3.8, 4) is 17.1 Å². The number of hydrogen-bond donors (Lipinski definition) is 2. The van der Waals surface area contributed by atoms with Crippen molar-refractivity contribution in [3.63, 3.8) is 0 Å². The maximum atomic E-state index is 13.0. The van der Waals surface area contributed by atoms with E-state index in [9.17, 15) is 9.59 Å². The van der Waals surface area contributed by atoms with Gasteiger partial charge in [-0.2, -0.15) is 9.78 Å². The molecule has 0 aliphatic heterocycles. The van der Waals surface area contributed by atoms with Crippen LogP contribution in [0.2, 0.25) is 0 Å². The van der Waals surface area contributed by atoms with E-state index in [-0.39, 0.29) is 16.6 Å². The van der Waals surface area contributed by atoms with Gasteiger partial charge in [-0.25, -0.2) is 15.8 Å². The third-order valence-corrected chi connectivity index (χ3v) is 4.02. The fourth-order valence-corrected chi connectivity index (χ4v) is 2.72. The molecule has 0 atom stereocenters. The summed E-state index contributed by atoms with van der Waals surface area (Å²) in [6.07, 6.45) is 1.42. The van der Waals surface area contributed by atoms with Crippen LogP contribution in [0.3, 0.4) is 0 Å². The second kappa shape index (κ2) is 6.77. The second-order valence-electron chi connectivity index (χ2n) is 5.70. The number of carbonyl (C=O) groups is 1. The summed E-state index contributed by atoms with van der Waals surface area (Å²) >= 11 is 0. The van der Waals surface area contributed by atoms with Crippen LogP contribution in [0.25, 0.3) is 28.0 Å². The molecule has 8 heteroatoms. The second-order valence-corrected chi connectivity index (χ2v) is 5.70. The first-order chi connectivity index (χ1) is 13.2. The van der Waals surface area contributed by atoms with Gasteiger partial charge < -0.3 is 0 Å². The van der Waals surface area contributed by atoms with Gasteiger partial charge in [0, 0.05) is 11.8 Å². The maximum Gasteiger partial charge on any atom is 0.298 e. The lowest BCUT2D eigenvalue weighted by Gasteiger charge is -2.10. The first kappa shape index (κ1) is 16.6. The van der Waals surface area contributed by atoms with Crippen LogP contribution in [0, 0.1) is 0 Å². The molecule has 4 aromatic rings. The minimum Gasteiger partial charge on any atom is -0.289 e. The minimum atomic E-state index is -0.638. The Balaban J connectivity index is 2.04. The number of amides is 1. The van der Waals surface area contributed by atoms with Crippen molar-refractivity contribution in [2.24, 2.45) is 5.84 Å². The summed E-state index contributed by atoms with van der Waals surface area (Å²) in [7, 11) is 0. The Kier molecular flexibility index (Phi) is 4.15. The average molecular weight is 358 g/mol. The minimum absolute atomic E-state index is 0.0319. The van der Waals surface area contributed by atoms with Crippen LogP contribution in [0.4, 0.5) is 0 Å². The smallest absolute Gasteiger partial charge is 0.289 e. The summed E-state index contributed by atoms with van der Waals surface area (Å²) in [4.78, 5) is 33.9. The lowest BCUT2D eigenvalue weighted by Crippen LogP contribution is -2.34. The number of rotatable bonds is 3. The zero-order chi connectivity index (χ0) is 18.8. The SMILES string of the molecule is NNC(=O)c1nn(-c2ccccc2)c(=O)c2nc(-c3ccccc3)ncc12. The van der Waals surface area contributed by atoms with Crippen molar-refractivity contribution in [1.82, 2.24) is 25.2 Å². The molecule has 0 aliphatic rings. The summed E-state index contributed by atoms with van der Waals surface area (Å²) in [5, 5.41) is 4.41. The molecule has 8 nitrogen and oxygen atoms in total. The molecule has 0 saturated heterocycles. The molecule has 1 amide bonds. The van der Waals surface area contributed by atoms with Crippen molar-refractivity contribution in [3.05, 3.63) is 82.9 Å². The molecule has 0 spiro atoms. The Morgan fingerprint density at radius 1 is 1.00 bits per heavy atom. The number of nitrogen functional groups attached to an aromatic ring is 1. The highest BCUT2D eigenvalue weighted by Gasteiger charge is 2.19. The predicted octanol–water partition coefficient (Wildman–Crippen LogP) is 1.45. The normalized spacial score (nSPS) is 10.7. The molecule has 3 N–H and O–H groups in total. The van der Waals surface area contributed by atoms with E-state index in [1.807, 2.05) is 41.8 Å². The molecule has 27 heavy (non-hydrogen) atoms. The van der Waals surface area contributed by atoms with Gasteiger partial charge in [-0.3, -0.25) is 15.0 Å². The third-order valence-electron chi connectivity index (χ3n) is 4.02. The van der Waals surface area contributed by atoms with Crippen molar-refractivity contribution < 1.29 is 4.79 Å². The molecule has 132 valence electrons. The number of fused-ring (bicyclic) bond motifs is 1. The lowest BCUT2D eigenvalue weighted by atomic mass is 10.2. The fourth-order valence-electron chi connectivity index (χ4n) is 2.72. The maximum absolute atomic E-state index is 13.0. The van der Waals surface area contributed by atoms with Gasteiger partial charge in [0.2, 0.25) is 0 Å². The van der Waals surface area contributed by atoms with Crippen LogP contribution in [0.1, 0.15) is 10.5 Å². The van der Waals surface area contributed by atoms with Crippen molar-refractivity contribution >= 4 is 16.8 Å². The van der Waals surface area contributed by atoms with Gasteiger partial charge in [0.25, 0.3) is 11.5 Å². The molecular formula is C19H14N6O2. The van der Waals surface area contributed by atoms with Crippen molar-refractivity contribution in [2.75, 3.05) is 0 Å². The van der Waals surface area contributed by atoms with E-state index in [2.05, 4.69) is 15.1 Å². The number of aromatic nitrogens is 4. The highest BCUT2D eigenvalue weighted by molar-refractivity contribution is 6.03. The van der Waals surface area contributed by atoms with Gasteiger partial charge in [0.05, 0.1) is 11.1 Å². The van der Waals surface area contributed by atoms with E-state index in [0.29, 0.717) is 11.5 Å². The number of carbonyl (C=O) groups excluding carboxylic acids is 1. The summed E-state index contributed by atoms with van der Waals surface area (Å²) in [5.74, 6) is 5.02. The molecule has 2 aromatic carbocycles. The Bertz CT molecular complexity index is 1190. The zero-order valence-electron chi connectivity index (χ0n) is 14.0. The molecule has 0 aliphatic carbocycles. The number of para-hydroxylation sites is 1. The van der Waals surface area contributed by atoms with Gasteiger partial charge in [0.1, 0.15) is 5.52 Å². The van der Waals surface area contributed by atoms with Gasteiger partial charge in [-0.15, -0.1) is 0 Å². The van der Waals surface area contributed by atoms with Crippen LogP contribution in [-0.2, 0) is 0 Å². The third kappa shape index (κ3) is 2.94. The topological polar surface area (TPSA) is 116 Å². The molecule has 2 aromatic heterocycles. The molecular weight excluding hydrogens is 344 g/mol. The lowest BCUT2D eigenvalue weighted by molar-refractivity contribution is 0.0949. The fraction of sp³-hybridized carbons (Fsp3) is 0. The van der Waals surface area contributed by atoms with Crippen LogP contribution < -0.4 is 16.8 Å². The van der Waals surface area contributed by atoms with Crippen LogP contribution in [-0.4, -0.2) is 25.7 Å². The van der Waals surface area contributed by atoms with E-state index < -0.39 is 11.5 Å². The van der Waals surface area contributed by atoms with Gasteiger partial charge in [0.15, 0.2) is 11.5 Å². The van der Waals surface area contributed by atoms with Gasteiger partial charge in [-0.1, -0.05) is 48.5 Å². The molecule has 4 rings (SSSR count). The Morgan fingerprint density at radius 3 is 2.33 bits per heavy atom. The van der Waals surface area contributed by atoms with Crippen LogP contribution in [0.15, 0.2) is 71.7 Å². The highest BCUT2D eigenvalue weighted by atomic mass is 16.2. The number of benzene rings is 2. The molecule has 0 fully saturated rings. The average Bonchev–Trinajstić information content (AvgIpc) is 2.74. The van der Waals surface area contributed by atoms with Crippen molar-refractivity contribution in [1.29, 1.82) is 0 Å². The number of hydrogen-bond acceptors (Lipinski definition) is 6. The monoisotopic (exact) mass is 358 g/mol. The molecule has 0 saturated carbocycles. The number of hydrazine groups is 1. The molecule has 0 unspecified atom stereocenters. The summed E-state index contributed by atoms with van der Waals surface area (Å²) in [6, 6.07) is 18.0. The quantitative estimate of drug-likeness (QED) is 0.325. The Hall–Kier alpha value is -3.91. The molecule has 0 radical (unpaired) electrons. The van der Waals surface area contributed by atoms with E-state index in [1.165, 1.54) is 6.20 Å². The first-order valence-corrected chi connectivity index (χ1v) is 8.11. The predicted molar refractivity (Wildman–Crippen MR) is 100 cm³/mol. The van der Waals surface area contributed by atoms with E-state index >= 15 is 0 Å². The number of nitrogens with one attached hydrogen (secondary N) is 1. The highest BCUT2D eigenvalue weighted by Crippen LogP contribution is 2.18. The van der Waals surface area contributed by atoms with Gasteiger partial charge in [-0.05, 0) is 12.1 Å². The summed E-state index contributed by atoms with van der Waals surface area (Å²) < 4.78 is 1.13. The zero-order valence-corrected chi connectivity index (χ0v) is 14.0. The Labute approximate surface area is 153 Å². The van der Waals surface area contributed by atoms with Crippen molar-refractivity contribution in [2.45, 2.75) is 0 Å². The van der Waals surface area contributed by atoms with Crippen LogP contribution >= 0.6 is 0 Å². The van der Waals surface area contributed by atoms with E-state index in [4.69, 9.17) is 5.84 Å². The van der Waals surface area contributed by atoms with Gasteiger partial charge >= 0.3 is 0 Å². The summed E-state index contributed by atoms with van der Waals surface area (Å²) in [6.45, 7) is 0. The largest absolute Gasteiger partial charge is 0.298 e. The Morgan fingerprint density at radius 2 is 1.67 bits per heavy atom. The summed E-state index contributed by atoms with van der Waals surface area (Å²) in [5.41, 5.74) is 2.91. The first-order valence-electron chi connectivity index (χ1n) is 8.11. The van der Waals surface area contributed by atoms with E-state index in [0.717, 1.165) is 10.2 Å². The standard InChI is InChI=1S/C19H14N6O2/c20-23-18(26)15-14-11-21-17(12-7-3-1-4-8-12)22-16(14)19(27)25(24-15)13-9-5-2-6-10-13/h1-11H,20H2,(H,23,26).